The molecule has 7 nitrogen and oxygen atoms in total. The van der Waals surface area contributed by atoms with E-state index in [1.165, 1.54) is 14.1 Å². The van der Waals surface area contributed by atoms with Crippen molar-refractivity contribution in [2.45, 2.75) is 6.10 Å². The van der Waals surface area contributed by atoms with Crippen molar-refractivity contribution in [3.63, 3.8) is 0 Å². The molecular weight excluding hydrogens is 276 g/mol. The molecule has 1 aromatic heterocycles. The van der Waals surface area contributed by atoms with Gasteiger partial charge in [-0.2, -0.15) is 0 Å². The van der Waals surface area contributed by atoms with Crippen LogP contribution in [0.4, 0.5) is 0 Å². The first-order valence-corrected chi connectivity index (χ1v) is 6.22. The number of esters is 1. The summed E-state index contributed by atoms with van der Waals surface area (Å²) in [5.41, 5.74) is -0.631. The second-order valence-corrected chi connectivity index (χ2v) is 4.82. The number of rotatable bonds is 1. The highest BCUT2D eigenvalue weighted by molar-refractivity contribution is 5.94. The number of aromatic nitrogens is 2. The highest BCUT2D eigenvalue weighted by Crippen LogP contribution is 2.36. The summed E-state index contributed by atoms with van der Waals surface area (Å²) in [6.07, 6.45) is -1.01. The molecule has 2 heterocycles. The third kappa shape index (κ3) is 1.70. The number of carbonyl (C=O) groups is 1. The summed E-state index contributed by atoms with van der Waals surface area (Å²) in [6, 6.07) is 6.62. The van der Waals surface area contributed by atoms with Crippen LogP contribution in [0, 0.1) is 0 Å². The molecule has 0 spiro atoms. The average Bonchev–Trinajstić information content (AvgIpc) is 2.81. The number of nitrogens with zero attached hydrogens (tertiary/aromatic N) is 2. The van der Waals surface area contributed by atoms with Crippen molar-refractivity contribution in [3.05, 3.63) is 61.8 Å². The van der Waals surface area contributed by atoms with Gasteiger partial charge in [0.05, 0.1) is 5.56 Å². The van der Waals surface area contributed by atoms with Crippen molar-refractivity contribution >= 4 is 5.97 Å². The van der Waals surface area contributed by atoms with Crippen molar-refractivity contribution in [2.24, 2.45) is 14.1 Å². The minimum absolute atomic E-state index is 0.127. The van der Waals surface area contributed by atoms with Crippen molar-refractivity contribution in [2.75, 3.05) is 0 Å². The summed E-state index contributed by atoms with van der Waals surface area (Å²) in [5.74, 6) is -1.07. The molecule has 1 unspecified atom stereocenters. The lowest BCUT2D eigenvalue weighted by atomic mass is 10.0. The van der Waals surface area contributed by atoms with Gasteiger partial charge in [0.25, 0.3) is 5.56 Å². The summed E-state index contributed by atoms with van der Waals surface area (Å²) in [4.78, 5) is 35.8. The van der Waals surface area contributed by atoms with Crippen molar-refractivity contribution < 1.29 is 14.6 Å². The molecule has 21 heavy (non-hydrogen) atoms. The van der Waals surface area contributed by atoms with Crippen LogP contribution in [0.2, 0.25) is 0 Å². The van der Waals surface area contributed by atoms with Gasteiger partial charge in [-0.25, -0.2) is 9.59 Å². The van der Waals surface area contributed by atoms with Crippen LogP contribution in [0.1, 0.15) is 27.6 Å². The second-order valence-electron chi connectivity index (χ2n) is 4.82. The fraction of sp³-hybridized carbons (Fsp3) is 0.214. The van der Waals surface area contributed by atoms with Crippen LogP contribution in [-0.2, 0) is 18.8 Å². The molecule has 108 valence electrons. The standard InChI is InChI=1S/C14H12N2O5/c1-15-11(17)9(12(18)16(2)14(15)20)10-7-5-3-4-6-8(7)13(19)21-10/h3-6,10,17H,1-2H3. The molecule has 0 aliphatic carbocycles. The molecule has 0 bridgehead atoms. The third-order valence-electron chi connectivity index (χ3n) is 3.62. The lowest BCUT2D eigenvalue weighted by Gasteiger charge is -2.15. The number of fused-ring (bicyclic) bond motifs is 1. The molecule has 0 fully saturated rings. The van der Waals surface area contributed by atoms with Crippen LogP contribution < -0.4 is 11.2 Å². The Labute approximate surface area is 118 Å². The molecule has 0 saturated heterocycles. The monoisotopic (exact) mass is 288 g/mol. The zero-order valence-electron chi connectivity index (χ0n) is 11.4. The zero-order valence-corrected chi connectivity index (χ0v) is 11.4. The van der Waals surface area contributed by atoms with Crippen molar-refractivity contribution in [1.29, 1.82) is 0 Å². The zero-order chi connectivity index (χ0) is 15.3. The predicted octanol–water partition coefficient (Wildman–Crippen LogP) is 0.0494. The van der Waals surface area contributed by atoms with Gasteiger partial charge in [-0.05, 0) is 6.07 Å². The van der Waals surface area contributed by atoms with E-state index in [0.717, 1.165) is 9.13 Å². The van der Waals surface area contributed by atoms with Gasteiger partial charge in [-0.3, -0.25) is 13.9 Å². The number of ether oxygens (including phenoxy) is 1. The SMILES string of the molecule is Cn1c(O)c(C2OC(=O)c3ccccc32)c(=O)n(C)c1=O. The molecule has 1 aromatic carbocycles. The third-order valence-corrected chi connectivity index (χ3v) is 3.62. The quantitative estimate of drug-likeness (QED) is 0.749. The smallest absolute Gasteiger partial charge is 0.339 e. The van der Waals surface area contributed by atoms with Crippen LogP contribution in [0.3, 0.4) is 0 Å². The van der Waals surface area contributed by atoms with Crippen LogP contribution in [-0.4, -0.2) is 20.2 Å². The number of hydrogen-bond donors (Lipinski definition) is 1. The maximum atomic E-state index is 12.3. The van der Waals surface area contributed by atoms with E-state index in [2.05, 4.69) is 0 Å². The second kappa shape index (κ2) is 4.34. The number of hydrogen-bond acceptors (Lipinski definition) is 5. The Kier molecular flexibility index (Phi) is 2.72. The first-order chi connectivity index (χ1) is 9.93. The van der Waals surface area contributed by atoms with Gasteiger partial charge >= 0.3 is 11.7 Å². The van der Waals surface area contributed by atoms with E-state index >= 15 is 0 Å². The Morgan fingerprint density at radius 1 is 1.10 bits per heavy atom. The molecule has 7 heteroatoms. The number of aromatic hydroxyl groups is 1. The molecule has 0 amide bonds. The molecule has 0 radical (unpaired) electrons. The molecule has 0 saturated carbocycles. The van der Waals surface area contributed by atoms with Crippen LogP contribution in [0.5, 0.6) is 5.88 Å². The highest BCUT2D eigenvalue weighted by Gasteiger charge is 2.36. The minimum Gasteiger partial charge on any atom is -0.494 e. The summed E-state index contributed by atoms with van der Waals surface area (Å²) < 4.78 is 7.00. The van der Waals surface area contributed by atoms with Crippen LogP contribution >= 0.6 is 0 Å². The Balaban J connectivity index is 2.32. The maximum absolute atomic E-state index is 12.3. The van der Waals surface area contributed by atoms with E-state index in [1.807, 2.05) is 0 Å². The summed E-state index contributed by atoms with van der Waals surface area (Å²) in [7, 11) is 2.64. The maximum Gasteiger partial charge on any atom is 0.339 e. The number of cyclic esters (lactones) is 1. The lowest BCUT2D eigenvalue weighted by Crippen LogP contribution is -2.39. The van der Waals surface area contributed by atoms with E-state index in [-0.39, 0.29) is 5.56 Å². The largest absolute Gasteiger partial charge is 0.494 e. The van der Waals surface area contributed by atoms with Gasteiger partial charge in [0.2, 0.25) is 5.88 Å². The summed E-state index contributed by atoms with van der Waals surface area (Å²) in [6.45, 7) is 0. The van der Waals surface area contributed by atoms with Gasteiger partial charge in [-0.1, -0.05) is 18.2 Å². The van der Waals surface area contributed by atoms with E-state index < -0.39 is 29.2 Å². The Hall–Kier alpha value is -2.83. The van der Waals surface area contributed by atoms with Crippen LogP contribution in [0.15, 0.2) is 33.9 Å². The average molecular weight is 288 g/mol. The van der Waals surface area contributed by atoms with Gasteiger partial charge in [0.15, 0.2) is 6.10 Å². The highest BCUT2D eigenvalue weighted by atomic mass is 16.5. The van der Waals surface area contributed by atoms with Crippen molar-refractivity contribution in [3.8, 4) is 5.88 Å². The van der Waals surface area contributed by atoms with Gasteiger partial charge < -0.3 is 9.84 Å². The van der Waals surface area contributed by atoms with E-state index in [4.69, 9.17) is 4.74 Å². The first-order valence-electron chi connectivity index (χ1n) is 6.22. The molecule has 1 N–H and O–H groups in total. The fourth-order valence-corrected chi connectivity index (χ4v) is 2.45. The molecule has 2 aromatic rings. The summed E-state index contributed by atoms with van der Waals surface area (Å²) in [5, 5.41) is 10.1. The van der Waals surface area contributed by atoms with E-state index in [0.29, 0.717) is 11.1 Å². The van der Waals surface area contributed by atoms with Crippen LogP contribution in [0.25, 0.3) is 0 Å². The van der Waals surface area contributed by atoms with E-state index in [9.17, 15) is 19.5 Å². The Bertz CT molecular complexity index is 878. The molecular formula is C14H12N2O5. The van der Waals surface area contributed by atoms with E-state index in [1.54, 1.807) is 24.3 Å². The lowest BCUT2D eigenvalue weighted by molar-refractivity contribution is 0.0448. The molecule has 3 rings (SSSR count). The molecule has 1 atom stereocenters. The number of carbonyl (C=O) groups excluding carboxylic acids is 1. The fourth-order valence-electron chi connectivity index (χ4n) is 2.45. The Morgan fingerprint density at radius 2 is 1.76 bits per heavy atom. The van der Waals surface area contributed by atoms with Gasteiger partial charge in [-0.15, -0.1) is 0 Å². The Morgan fingerprint density at radius 3 is 2.48 bits per heavy atom. The van der Waals surface area contributed by atoms with Gasteiger partial charge in [0.1, 0.15) is 5.56 Å². The molecule has 1 aliphatic rings. The number of benzene rings is 1. The summed E-state index contributed by atoms with van der Waals surface area (Å²) >= 11 is 0. The first kappa shape index (κ1) is 13.2. The van der Waals surface area contributed by atoms with Gasteiger partial charge in [0, 0.05) is 19.7 Å². The minimum atomic E-state index is -1.01. The molecule has 1 aliphatic heterocycles. The normalized spacial score (nSPS) is 16.7. The predicted molar refractivity (Wildman–Crippen MR) is 72.3 cm³/mol. The van der Waals surface area contributed by atoms with Crippen molar-refractivity contribution in [1.82, 2.24) is 9.13 Å². The topological polar surface area (TPSA) is 90.5 Å².